The Morgan fingerprint density at radius 2 is 2.19 bits per heavy atom. The van der Waals surface area contributed by atoms with Crippen LogP contribution in [0.1, 0.15) is 20.8 Å². The van der Waals surface area contributed by atoms with Gasteiger partial charge in [-0.2, -0.15) is 0 Å². The third kappa shape index (κ3) is 4.30. The summed E-state index contributed by atoms with van der Waals surface area (Å²) < 4.78 is 3.47. The number of carbonyl (C=O) groups excluding carboxylic acids is 1. The quantitative estimate of drug-likeness (QED) is 0.887. The Labute approximate surface area is 123 Å². The number of aryl methyl sites for hydroxylation is 1. The molecule has 0 unspecified atom stereocenters. The van der Waals surface area contributed by atoms with E-state index in [1.54, 1.807) is 25.8 Å². The molecule has 2 amide bonds. The van der Waals surface area contributed by atoms with Crippen molar-refractivity contribution in [3.63, 3.8) is 0 Å². The zero-order chi connectivity index (χ0) is 15.5. The highest BCUT2D eigenvalue weighted by atomic mass is 16.2. The van der Waals surface area contributed by atoms with Gasteiger partial charge >= 0.3 is 6.03 Å². The zero-order valence-electron chi connectivity index (χ0n) is 12.7. The third-order valence-corrected chi connectivity index (χ3v) is 3.15. The van der Waals surface area contributed by atoms with E-state index in [1.165, 1.54) is 4.68 Å². The van der Waals surface area contributed by atoms with Crippen molar-refractivity contribution in [1.82, 2.24) is 29.9 Å². The fourth-order valence-corrected chi connectivity index (χ4v) is 1.86. The molecule has 0 bridgehead atoms. The summed E-state index contributed by atoms with van der Waals surface area (Å²) in [6.45, 7) is 6.89. The zero-order valence-corrected chi connectivity index (χ0v) is 12.7. The van der Waals surface area contributed by atoms with Gasteiger partial charge in [0, 0.05) is 26.0 Å². The number of nitrogens with one attached hydrogen (secondary N) is 2. The second kappa shape index (κ2) is 5.94. The van der Waals surface area contributed by atoms with Gasteiger partial charge in [0.15, 0.2) is 5.82 Å². The second-order valence-corrected chi connectivity index (χ2v) is 6.05. The van der Waals surface area contributed by atoms with E-state index < -0.39 is 0 Å². The van der Waals surface area contributed by atoms with Crippen molar-refractivity contribution < 1.29 is 4.79 Å². The van der Waals surface area contributed by atoms with Crippen molar-refractivity contribution in [2.24, 2.45) is 12.5 Å². The van der Waals surface area contributed by atoms with Crippen molar-refractivity contribution in [1.29, 1.82) is 0 Å². The molecule has 0 aliphatic rings. The van der Waals surface area contributed by atoms with Gasteiger partial charge < -0.3 is 9.88 Å². The lowest BCUT2D eigenvalue weighted by atomic mass is 9.86. The molecule has 2 N–H and O–H groups in total. The number of hydrogen-bond acceptors (Lipinski definition) is 4. The summed E-state index contributed by atoms with van der Waals surface area (Å²) in [6.07, 6.45) is 6.98. The van der Waals surface area contributed by atoms with Crippen LogP contribution in [0.25, 0.3) is 0 Å². The van der Waals surface area contributed by atoms with Crippen molar-refractivity contribution in [3.8, 4) is 0 Å². The second-order valence-electron chi connectivity index (χ2n) is 6.05. The van der Waals surface area contributed by atoms with Crippen LogP contribution in [0.5, 0.6) is 0 Å². The molecule has 0 radical (unpaired) electrons. The van der Waals surface area contributed by atoms with Gasteiger partial charge in [-0.25, -0.2) is 9.78 Å². The summed E-state index contributed by atoms with van der Waals surface area (Å²) in [5, 5.41) is 13.2. The van der Waals surface area contributed by atoms with Crippen molar-refractivity contribution in [2.45, 2.75) is 33.4 Å². The van der Waals surface area contributed by atoms with E-state index in [-0.39, 0.29) is 17.5 Å². The summed E-state index contributed by atoms with van der Waals surface area (Å²) in [5.74, 6) is 0.422. The van der Waals surface area contributed by atoms with Gasteiger partial charge in [-0.05, 0) is 5.41 Å². The molecule has 0 saturated heterocycles. The summed E-state index contributed by atoms with van der Waals surface area (Å²) >= 11 is 0. The van der Waals surface area contributed by atoms with Gasteiger partial charge in [-0.1, -0.05) is 26.0 Å². The van der Waals surface area contributed by atoms with Gasteiger partial charge in [0.25, 0.3) is 0 Å². The number of imidazole rings is 1. The maximum absolute atomic E-state index is 12.1. The molecular weight excluding hydrogens is 270 g/mol. The molecule has 114 valence electrons. The van der Waals surface area contributed by atoms with E-state index in [4.69, 9.17) is 0 Å². The highest BCUT2D eigenvalue weighted by molar-refractivity contribution is 5.88. The Balaban J connectivity index is 1.99. The third-order valence-electron chi connectivity index (χ3n) is 3.15. The van der Waals surface area contributed by atoms with Gasteiger partial charge in [-0.15, -0.1) is 5.10 Å². The Hall–Kier alpha value is -2.38. The molecule has 0 aliphatic carbocycles. The highest BCUT2D eigenvalue weighted by Gasteiger charge is 2.26. The number of rotatable bonds is 4. The summed E-state index contributed by atoms with van der Waals surface area (Å²) in [5.41, 5.74) is -0.0933. The fraction of sp³-hybridized carbons (Fsp3) is 0.538. The molecule has 2 aromatic rings. The maximum atomic E-state index is 12.1. The first-order chi connectivity index (χ1) is 9.84. The molecule has 1 atom stereocenters. The van der Waals surface area contributed by atoms with Crippen LogP contribution in [0.15, 0.2) is 24.9 Å². The van der Waals surface area contributed by atoms with Gasteiger partial charge in [0.2, 0.25) is 0 Å². The van der Waals surface area contributed by atoms with Gasteiger partial charge in [0.05, 0.1) is 18.6 Å². The number of hydrogen-bond donors (Lipinski definition) is 2. The molecule has 2 heterocycles. The standard InChI is InChI=1S/C13H21N7O/c1-13(2,3)10(7-20-6-5-14-9-20)15-12(21)16-11-8-19(4)18-17-11/h5-6,8-10H,7H2,1-4H3,(H2,15,16,21)/t10-/m1/s1. The predicted octanol–water partition coefficient (Wildman–Crippen LogP) is 1.25. The number of urea groups is 1. The molecule has 21 heavy (non-hydrogen) atoms. The smallest absolute Gasteiger partial charge is 0.320 e. The first-order valence-electron chi connectivity index (χ1n) is 6.74. The van der Waals surface area contributed by atoms with Crippen molar-refractivity contribution >= 4 is 11.8 Å². The van der Waals surface area contributed by atoms with E-state index in [0.717, 1.165) is 0 Å². The number of anilines is 1. The molecule has 0 aliphatic heterocycles. The first kappa shape index (κ1) is 15.0. The van der Waals surface area contributed by atoms with Crippen molar-refractivity contribution in [3.05, 3.63) is 24.9 Å². The average Bonchev–Trinajstić information content (AvgIpc) is 2.99. The van der Waals surface area contributed by atoms with Crippen LogP contribution in [0.3, 0.4) is 0 Å². The number of amides is 2. The highest BCUT2D eigenvalue weighted by Crippen LogP contribution is 2.20. The molecule has 2 aromatic heterocycles. The van der Waals surface area contributed by atoms with Gasteiger partial charge in [0.1, 0.15) is 0 Å². The van der Waals surface area contributed by atoms with E-state index in [1.807, 2.05) is 10.8 Å². The minimum Gasteiger partial charge on any atom is -0.335 e. The van der Waals surface area contributed by atoms with Crippen LogP contribution in [-0.2, 0) is 13.6 Å². The molecule has 2 rings (SSSR count). The predicted molar refractivity (Wildman–Crippen MR) is 78.6 cm³/mol. The van der Waals surface area contributed by atoms with Crippen LogP contribution in [-0.4, -0.2) is 36.6 Å². The number of carbonyl (C=O) groups is 1. The maximum Gasteiger partial charge on any atom is 0.320 e. The Morgan fingerprint density at radius 3 is 2.71 bits per heavy atom. The largest absolute Gasteiger partial charge is 0.335 e. The Kier molecular flexibility index (Phi) is 4.25. The molecule has 8 heteroatoms. The molecule has 0 spiro atoms. The summed E-state index contributed by atoms with van der Waals surface area (Å²) in [7, 11) is 1.74. The fourth-order valence-electron chi connectivity index (χ4n) is 1.86. The minimum atomic E-state index is -0.296. The Bertz CT molecular complexity index is 582. The first-order valence-corrected chi connectivity index (χ1v) is 6.74. The van der Waals surface area contributed by atoms with Crippen LogP contribution in [0.4, 0.5) is 10.6 Å². The lowest BCUT2D eigenvalue weighted by molar-refractivity contribution is 0.218. The summed E-state index contributed by atoms with van der Waals surface area (Å²) in [4.78, 5) is 16.1. The van der Waals surface area contributed by atoms with E-state index in [2.05, 4.69) is 46.7 Å². The minimum absolute atomic E-state index is 0.0524. The van der Waals surface area contributed by atoms with Crippen LogP contribution < -0.4 is 10.6 Å². The SMILES string of the molecule is Cn1cc(NC(=O)N[C@H](Cn2ccnc2)C(C)(C)C)nn1. The number of nitrogens with zero attached hydrogens (tertiary/aromatic N) is 5. The normalized spacial score (nSPS) is 13.0. The molecule has 8 nitrogen and oxygen atoms in total. The topological polar surface area (TPSA) is 89.7 Å². The molecule has 0 aromatic carbocycles. The van der Waals surface area contributed by atoms with Gasteiger partial charge in [-0.3, -0.25) is 10.00 Å². The average molecular weight is 291 g/mol. The Morgan fingerprint density at radius 1 is 1.43 bits per heavy atom. The van der Waals surface area contributed by atoms with E-state index >= 15 is 0 Å². The van der Waals surface area contributed by atoms with Crippen LogP contribution in [0.2, 0.25) is 0 Å². The molecular formula is C13H21N7O. The molecule has 0 saturated carbocycles. The lowest BCUT2D eigenvalue weighted by Crippen LogP contribution is -2.47. The monoisotopic (exact) mass is 291 g/mol. The van der Waals surface area contributed by atoms with Crippen LogP contribution in [0, 0.1) is 5.41 Å². The summed E-state index contributed by atoms with van der Waals surface area (Å²) in [6, 6.07) is -0.348. The van der Waals surface area contributed by atoms with Crippen molar-refractivity contribution in [2.75, 3.05) is 5.32 Å². The van der Waals surface area contributed by atoms with Crippen LogP contribution >= 0.6 is 0 Å². The lowest BCUT2D eigenvalue weighted by Gasteiger charge is -2.31. The molecule has 0 fully saturated rings. The van der Waals surface area contributed by atoms with E-state index in [0.29, 0.717) is 12.4 Å². The number of aromatic nitrogens is 5. The van der Waals surface area contributed by atoms with E-state index in [9.17, 15) is 4.79 Å².